The van der Waals surface area contributed by atoms with Gasteiger partial charge in [0.25, 0.3) is 0 Å². The first-order valence-electron chi connectivity index (χ1n) is 6.98. The minimum atomic E-state index is -2.96. The van der Waals surface area contributed by atoms with Crippen molar-refractivity contribution in [2.45, 2.75) is 18.1 Å². The maximum Gasteiger partial charge on any atom is 0.248 e. The van der Waals surface area contributed by atoms with Crippen molar-refractivity contribution in [3.8, 4) is 0 Å². The predicted molar refractivity (Wildman–Crippen MR) is 85.9 cm³/mol. The average Bonchev–Trinajstić information content (AvgIpc) is 2.85. The van der Waals surface area contributed by atoms with Crippen LogP contribution in [0.3, 0.4) is 0 Å². The van der Waals surface area contributed by atoms with Crippen LogP contribution in [0.25, 0.3) is 0 Å². The van der Waals surface area contributed by atoms with E-state index in [1.165, 1.54) is 36.0 Å². The summed E-state index contributed by atoms with van der Waals surface area (Å²) in [7, 11) is -2.96. The lowest BCUT2D eigenvalue weighted by Crippen LogP contribution is -2.43. The molecule has 2 amide bonds. The molecule has 2 rings (SSSR count). The lowest BCUT2D eigenvalue weighted by atomic mass is 10.1. The van der Waals surface area contributed by atoms with Gasteiger partial charge in [0, 0.05) is 5.25 Å². The van der Waals surface area contributed by atoms with Crippen LogP contribution in [0.1, 0.15) is 12.0 Å². The lowest BCUT2D eigenvalue weighted by molar-refractivity contribution is -0.127. The monoisotopic (exact) mass is 360 g/mol. The number of hydrogen-bond donors (Lipinski definition) is 2. The number of hydrazine groups is 1. The molecule has 23 heavy (non-hydrogen) atoms. The van der Waals surface area contributed by atoms with Gasteiger partial charge in [-0.05, 0) is 24.1 Å². The van der Waals surface area contributed by atoms with E-state index in [1.54, 1.807) is 0 Å². The zero-order valence-corrected chi connectivity index (χ0v) is 13.9. The van der Waals surface area contributed by atoms with Crippen LogP contribution < -0.4 is 10.9 Å². The van der Waals surface area contributed by atoms with Crippen molar-refractivity contribution in [3.05, 3.63) is 35.6 Å². The average molecular weight is 360 g/mol. The fourth-order valence-corrected chi connectivity index (χ4v) is 5.54. The first kappa shape index (κ1) is 17.7. The summed E-state index contributed by atoms with van der Waals surface area (Å²) < 4.78 is 35.3. The first-order chi connectivity index (χ1) is 10.8. The van der Waals surface area contributed by atoms with Crippen molar-refractivity contribution in [1.82, 2.24) is 10.9 Å². The summed E-state index contributed by atoms with van der Waals surface area (Å²) in [5.41, 5.74) is 5.18. The quantitative estimate of drug-likeness (QED) is 0.743. The van der Waals surface area contributed by atoms with Crippen LogP contribution in [0.5, 0.6) is 0 Å². The van der Waals surface area contributed by atoms with E-state index in [0.717, 1.165) is 0 Å². The molecule has 0 radical (unpaired) electrons. The Labute approximate surface area is 138 Å². The van der Waals surface area contributed by atoms with Crippen LogP contribution in [0.15, 0.2) is 24.3 Å². The van der Waals surface area contributed by atoms with Gasteiger partial charge in [0.15, 0.2) is 9.84 Å². The number of carbonyl (C=O) groups excluding carboxylic acids is 2. The Bertz CT molecular complexity index is 677. The van der Waals surface area contributed by atoms with Crippen LogP contribution in [0.4, 0.5) is 4.39 Å². The second-order valence-corrected chi connectivity index (χ2v) is 8.75. The van der Waals surface area contributed by atoms with Gasteiger partial charge in [0.2, 0.25) is 11.8 Å². The summed E-state index contributed by atoms with van der Waals surface area (Å²) in [6.45, 7) is 0. The van der Waals surface area contributed by atoms with Gasteiger partial charge in [0.05, 0.1) is 23.7 Å². The number of benzene rings is 1. The summed E-state index contributed by atoms with van der Waals surface area (Å²) >= 11 is 1.27. The molecule has 0 saturated carbocycles. The number of thioether (sulfide) groups is 1. The van der Waals surface area contributed by atoms with Crippen LogP contribution in [0.2, 0.25) is 0 Å². The largest absolute Gasteiger partial charge is 0.273 e. The highest BCUT2D eigenvalue weighted by molar-refractivity contribution is 8.02. The third kappa shape index (κ3) is 6.19. The molecule has 0 spiro atoms. The van der Waals surface area contributed by atoms with Crippen molar-refractivity contribution < 1.29 is 22.4 Å². The first-order valence-corrected chi connectivity index (χ1v) is 9.85. The molecule has 2 N–H and O–H groups in total. The van der Waals surface area contributed by atoms with E-state index in [-0.39, 0.29) is 34.7 Å². The third-order valence-electron chi connectivity index (χ3n) is 3.26. The number of rotatable bonds is 5. The number of halogens is 1. The molecule has 0 bridgehead atoms. The van der Waals surface area contributed by atoms with Crippen molar-refractivity contribution >= 4 is 33.4 Å². The fourth-order valence-electron chi connectivity index (χ4n) is 2.09. The Morgan fingerprint density at radius 3 is 2.43 bits per heavy atom. The summed E-state index contributed by atoms with van der Waals surface area (Å²) in [6.07, 6.45) is 0.575. The number of amides is 2. The smallest absolute Gasteiger partial charge is 0.248 e. The number of carbonyl (C=O) groups is 2. The summed E-state index contributed by atoms with van der Waals surface area (Å²) in [5.74, 6) is -0.849. The Morgan fingerprint density at radius 2 is 1.83 bits per heavy atom. The Balaban J connectivity index is 1.66. The molecule has 0 aliphatic carbocycles. The van der Waals surface area contributed by atoms with Crippen LogP contribution in [0, 0.1) is 5.82 Å². The molecule has 1 aromatic rings. The molecule has 9 heteroatoms. The van der Waals surface area contributed by atoms with Crippen LogP contribution >= 0.6 is 11.8 Å². The van der Waals surface area contributed by atoms with Gasteiger partial charge < -0.3 is 0 Å². The van der Waals surface area contributed by atoms with E-state index in [1.807, 2.05) is 0 Å². The van der Waals surface area contributed by atoms with Gasteiger partial charge in [-0.2, -0.15) is 0 Å². The molecule has 1 atom stereocenters. The van der Waals surface area contributed by atoms with Gasteiger partial charge in [-0.25, -0.2) is 12.8 Å². The lowest BCUT2D eigenvalue weighted by Gasteiger charge is -2.09. The van der Waals surface area contributed by atoms with Gasteiger partial charge in [0.1, 0.15) is 5.82 Å². The molecule has 126 valence electrons. The molecule has 6 nitrogen and oxygen atoms in total. The van der Waals surface area contributed by atoms with Crippen molar-refractivity contribution in [3.63, 3.8) is 0 Å². The van der Waals surface area contributed by atoms with Crippen molar-refractivity contribution in [2.24, 2.45) is 0 Å². The maximum atomic E-state index is 12.7. The third-order valence-corrected chi connectivity index (χ3v) is 6.54. The molecule has 1 saturated heterocycles. The molecule has 1 aliphatic rings. The summed E-state index contributed by atoms with van der Waals surface area (Å²) in [4.78, 5) is 23.3. The van der Waals surface area contributed by atoms with Gasteiger partial charge in [-0.3, -0.25) is 20.4 Å². The molecule has 1 fully saturated rings. The SMILES string of the molecule is O=C(CS[C@H]1CCS(=O)(=O)C1)NNC(=O)Cc1ccc(F)cc1. The van der Waals surface area contributed by atoms with E-state index < -0.39 is 21.7 Å². The predicted octanol–water partition coefficient (Wildman–Crippen LogP) is 0.436. The molecule has 0 unspecified atom stereocenters. The Kier molecular flexibility index (Phi) is 6.00. The second-order valence-electron chi connectivity index (χ2n) is 5.24. The normalized spacial score (nSPS) is 19.3. The zero-order valence-electron chi connectivity index (χ0n) is 12.2. The van der Waals surface area contributed by atoms with Gasteiger partial charge in [-0.15, -0.1) is 11.8 Å². The minimum Gasteiger partial charge on any atom is -0.273 e. The number of sulfone groups is 1. The zero-order chi connectivity index (χ0) is 16.9. The topological polar surface area (TPSA) is 92.3 Å². The summed E-state index contributed by atoms with van der Waals surface area (Å²) in [6, 6.07) is 5.50. The summed E-state index contributed by atoms with van der Waals surface area (Å²) in [5, 5.41) is -0.0688. The van der Waals surface area contributed by atoms with E-state index in [0.29, 0.717) is 12.0 Å². The highest BCUT2D eigenvalue weighted by Gasteiger charge is 2.28. The maximum absolute atomic E-state index is 12.7. The number of hydrogen-bond acceptors (Lipinski definition) is 5. The van der Waals surface area contributed by atoms with E-state index in [2.05, 4.69) is 10.9 Å². The van der Waals surface area contributed by atoms with E-state index >= 15 is 0 Å². The highest BCUT2D eigenvalue weighted by atomic mass is 32.2. The van der Waals surface area contributed by atoms with Crippen LogP contribution in [-0.4, -0.2) is 42.7 Å². The van der Waals surface area contributed by atoms with E-state index in [4.69, 9.17) is 0 Å². The second kappa shape index (κ2) is 7.78. The Hall–Kier alpha value is -1.61. The molecular formula is C14H17FN2O4S2. The van der Waals surface area contributed by atoms with Gasteiger partial charge in [-0.1, -0.05) is 12.1 Å². The van der Waals surface area contributed by atoms with Crippen molar-refractivity contribution in [2.75, 3.05) is 17.3 Å². The fraction of sp³-hybridized carbons (Fsp3) is 0.429. The van der Waals surface area contributed by atoms with E-state index in [9.17, 15) is 22.4 Å². The molecular weight excluding hydrogens is 343 g/mol. The van der Waals surface area contributed by atoms with Crippen LogP contribution in [-0.2, 0) is 25.8 Å². The molecule has 1 aromatic carbocycles. The minimum absolute atomic E-state index is 0.0224. The molecule has 1 aliphatic heterocycles. The Morgan fingerprint density at radius 1 is 1.17 bits per heavy atom. The highest BCUT2D eigenvalue weighted by Crippen LogP contribution is 2.23. The van der Waals surface area contributed by atoms with Crippen molar-refractivity contribution in [1.29, 1.82) is 0 Å². The standard InChI is InChI=1S/C14H17FN2O4S2/c15-11-3-1-10(2-4-11)7-13(18)16-17-14(19)8-22-12-5-6-23(20,21)9-12/h1-4,12H,5-9H2,(H,16,18)(H,17,19)/t12-/m0/s1. The molecule has 0 aromatic heterocycles. The molecule has 1 heterocycles. The number of nitrogens with one attached hydrogen (secondary N) is 2. The van der Waals surface area contributed by atoms with Gasteiger partial charge >= 0.3 is 0 Å².